The second-order valence-corrected chi connectivity index (χ2v) is 10.7. The molecule has 1 heterocycles. The number of piperidine rings is 1. The van der Waals surface area contributed by atoms with Gasteiger partial charge in [0, 0.05) is 25.4 Å². The quantitative estimate of drug-likeness (QED) is 0.496. The number of likely N-dealkylation sites (tertiary alicyclic amines) is 1. The Bertz CT molecular complexity index is 827. The molecule has 0 saturated carbocycles. The molecule has 0 unspecified atom stereocenters. The molecule has 0 radical (unpaired) electrons. The topological polar surface area (TPSA) is 97.0 Å². The summed E-state index contributed by atoms with van der Waals surface area (Å²) in [7, 11) is -3.21. The third kappa shape index (κ3) is 8.35. The van der Waals surface area contributed by atoms with Crippen molar-refractivity contribution in [3.8, 4) is 5.75 Å². The van der Waals surface area contributed by atoms with Crippen LogP contribution < -0.4 is 15.4 Å². The van der Waals surface area contributed by atoms with Gasteiger partial charge in [0.2, 0.25) is 0 Å². The van der Waals surface area contributed by atoms with Gasteiger partial charge in [-0.25, -0.2) is 13.2 Å². The molecule has 2 rings (SSSR count). The lowest BCUT2D eigenvalue weighted by Gasteiger charge is -2.34. The Morgan fingerprint density at radius 2 is 1.80 bits per heavy atom. The first kappa shape index (κ1) is 24.2. The van der Waals surface area contributed by atoms with Crippen molar-refractivity contribution in [1.29, 1.82) is 0 Å². The van der Waals surface area contributed by atoms with Gasteiger partial charge in [-0.05, 0) is 70.1 Å². The Morgan fingerprint density at radius 1 is 1.20 bits per heavy atom. The molecule has 1 aliphatic heterocycles. The minimum atomic E-state index is -3.21. The van der Waals surface area contributed by atoms with Crippen molar-refractivity contribution in [1.82, 2.24) is 15.5 Å². The fraction of sp³-hybridized carbons (Fsp3) is 0.600. The minimum absolute atomic E-state index is 0.202. The van der Waals surface area contributed by atoms with E-state index in [0.29, 0.717) is 37.1 Å². The molecule has 1 aromatic rings. The van der Waals surface area contributed by atoms with Crippen LogP contribution in [0.1, 0.15) is 33.6 Å². The summed E-state index contributed by atoms with van der Waals surface area (Å²) in [5.74, 6) is 0.595. The number of thiocarbonyl (C=S) groups is 1. The van der Waals surface area contributed by atoms with Gasteiger partial charge in [-0.1, -0.05) is 0 Å². The Morgan fingerprint density at radius 3 is 2.33 bits per heavy atom. The zero-order chi connectivity index (χ0) is 22.4. The van der Waals surface area contributed by atoms with Crippen LogP contribution in [0.2, 0.25) is 0 Å². The summed E-state index contributed by atoms with van der Waals surface area (Å²) in [4.78, 5) is 14.1. The molecular formula is C20H31N3O5S2. The molecular weight excluding hydrogens is 426 g/mol. The summed E-state index contributed by atoms with van der Waals surface area (Å²) >= 11 is 5.33. The predicted octanol–water partition coefficient (Wildman–Crippen LogP) is 2.33. The van der Waals surface area contributed by atoms with Crippen LogP contribution in [0.5, 0.6) is 5.75 Å². The van der Waals surface area contributed by atoms with Crippen molar-refractivity contribution in [2.24, 2.45) is 0 Å². The molecule has 0 aromatic heterocycles. The van der Waals surface area contributed by atoms with Gasteiger partial charge in [-0.15, -0.1) is 0 Å². The highest BCUT2D eigenvalue weighted by molar-refractivity contribution is 7.90. The number of carbonyl (C=O) groups is 1. The van der Waals surface area contributed by atoms with Gasteiger partial charge in [0.15, 0.2) is 14.9 Å². The summed E-state index contributed by atoms with van der Waals surface area (Å²) in [6.45, 7) is 7.73. The first-order valence-electron chi connectivity index (χ1n) is 9.89. The molecule has 0 spiro atoms. The molecule has 1 amide bonds. The van der Waals surface area contributed by atoms with E-state index in [4.69, 9.17) is 21.7 Å². The number of hydrogen-bond acceptors (Lipinski definition) is 6. The molecule has 30 heavy (non-hydrogen) atoms. The second kappa shape index (κ2) is 10.3. The van der Waals surface area contributed by atoms with E-state index < -0.39 is 15.4 Å². The molecule has 8 nitrogen and oxygen atoms in total. The Kier molecular flexibility index (Phi) is 8.31. The van der Waals surface area contributed by atoms with Crippen molar-refractivity contribution in [2.45, 2.75) is 50.2 Å². The van der Waals surface area contributed by atoms with Crippen molar-refractivity contribution in [2.75, 3.05) is 32.5 Å². The molecule has 1 fully saturated rings. The standard InChI is InChI=1S/C20H31N3O5S2/c1-20(2,3)28-19(24)23-12-9-15(10-13-23)22-18(29)21-11-14-27-16-5-7-17(8-6-16)30(4,25)26/h5-8,15H,9-14H2,1-4H3,(H2,21,22,29). The van der Waals surface area contributed by atoms with Gasteiger partial charge < -0.3 is 25.0 Å². The number of benzene rings is 1. The monoisotopic (exact) mass is 457 g/mol. The van der Waals surface area contributed by atoms with Crippen LogP contribution in [-0.4, -0.2) is 68.7 Å². The molecule has 10 heteroatoms. The van der Waals surface area contributed by atoms with E-state index in [9.17, 15) is 13.2 Å². The van der Waals surface area contributed by atoms with Crippen LogP contribution in [0.25, 0.3) is 0 Å². The summed E-state index contributed by atoms with van der Waals surface area (Å²) < 4.78 is 33.9. The summed E-state index contributed by atoms with van der Waals surface area (Å²) in [5.41, 5.74) is -0.491. The summed E-state index contributed by atoms with van der Waals surface area (Å²) in [6, 6.07) is 6.51. The van der Waals surface area contributed by atoms with Crippen molar-refractivity contribution in [3.05, 3.63) is 24.3 Å². The van der Waals surface area contributed by atoms with Crippen molar-refractivity contribution in [3.63, 3.8) is 0 Å². The molecule has 1 aliphatic rings. The van der Waals surface area contributed by atoms with Gasteiger partial charge in [0.1, 0.15) is 18.0 Å². The predicted molar refractivity (Wildman–Crippen MR) is 120 cm³/mol. The minimum Gasteiger partial charge on any atom is -0.492 e. The maximum atomic E-state index is 12.1. The number of carbonyl (C=O) groups excluding carboxylic acids is 1. The van der Waals surface area contributed by atoms with E-state index in [0.717, 1.165) is 12.8 Å². The van der Waals surface area contributed by atoms with Crippen LogP contribution in [0.4, 0.5) is 4.79 Å². The van der Waals surface area contributed by atoms with Crippen LogP contribution in [0.15, 0.2) is 29.2 Å². The maximum absolute atomic E-state index is 12.1. The van der Waals surface area contributed by atoms with Gasteiger partial charge in [-0.3, -0.25) is 0 Å². The first-order chi connectivity index (χ1) is 13.9. The zero-order valence-corrected chi connectivity index (χ0v) is 19.6. The third-order valence-corrected chi connectivity index (χ3v) is 5.78. The van der Waals surface area contributed by atoms with E-state index in [1.54, 1.807) is 17.0 Å². The van der Waals surface area contributed by atoms with Crippen LogP contribution >= 0.6 is 12.2 Å². The van der Waals surface area contributed by atoms with Gasteiger partial charge in [0.25, 0.3) is 0 Å². The number of amides is 1. The van der Waals surface area contributed by atoms with Crippen molar-refractivity contribution >= 4 is 33.3 Å². The van der Waals surface area contributed by atoms with Crippen molar-refractivity contribution < 1.29 is 22.7 Å². The fourth-order valence-electron chi connectivity index (χ4n) is 2.89. The van der Waals surface area contributed by atoms with Gasteiger partial charge in [0.05, 0.1) is 11.4 Å². The van der Waals surface area contributed by atoms with E-state index in [2.05, 4.69) is 10.6 Å². The average molecular weight is 458 g/mol. The molecule has 0 aliphatic carbocycles. The zero-order valence-electron chi connectivity index (χ0n) is 17.9. The van der Waals surface area contributed by atoms with E-state index in [-0.39, 0.29) is 17.0 Å². The second-order valence-electron chi connectivity index (χ2n) is 8.23. The van der Waals surface area contributed by atoms with E-state index in [1.165, 1.54) is 18.4 Å². The van der Waals surface area contributed by atoms with Crippen LogP contribution in [0, 0.1) is 0 Å². The largest absolute Gasteiger partial charge is 0.492 e. The highest BCUT2D eigenvalue weighted by Crippen LogP contribution is 2.16. The number of ether oxygens (including phenoxy) is 2. The Balaban J connectivity index is 1.63. The van der Waals surface area contributed by atoms with E-state index >= 15 is 0 Å². The first-order valence-corrected chi connectivity index (χ1v) is 12.2. The lowest BCUT2D eigenvalue weighted by molar-refractivity contribution is 0.0202. The molecule has 1 saturated heterocycles. The maximum Gasteiger partial charge on any atom is 0.410 e. The molecule has 0 atom stereocenters. The lowest BCUT2D eigenvalue weighted by Crippen LogP contribution is -2.50. The van der Waals surface area contributed by atoms with Gasteiger partial charge in [-0.2, -0.15) is 0 Å². The number of rotatable bonds is 6. The van der Waals surface area contributed by atoms with Crippen LogP contribution in [0.3, 0.4) is 0 Å². The Hall–Kier alpha value is -2.07. The number of nitrogens with zero attached hydrogens (tertiary/aromatic N) is 1. The lowest BCUT2D eigenvalue weighted by atomic mass is 10.1. The average Bonchev–Trinajstić information content (AvgIpc) is 2.64. The SMILES string of the molecule is CC(C)(C)OC(=O)N1CCC(NC(=S)NCCOc2ccc(S(C)(=O)=O)cc2)CC1. The third-order valence-electron chi connectivity index (χ3n) is 4.39. The molecule has 2 N–H and O–H groups in total. The number of hydrogen-bond donors (Lipinski definition) is 2. The summed E-state index contributed by atoms with van der Waals surface area (Å²) in [6.07, 6.45) is 2.49. The smallest absolute Gasteiger partial charge is 0.410 e. The van der Waals surface area contributed by atoms with E-state index in [1.807, 2.05) is 20.8 Å². The normalized spacial score (nSPS) is 15.4. The van der Waals surface area contributed by atoms with Gasteiger partial charge >= 0.3 is 6.09 Å². The number of nitrogens with one attached hydrogen (secondary N) is 2. The highest BCUT2D eigenvalue weighted by atomic mass is 32.2. The molecule has 0 bridgehead atoms. The number of sulfone groups is 1. The fourth-order valence-corrected chi connectivity index (χ4v) is 3.79. The Labute approximate surface area is 184 Å². The molecule has 168 valence electrons. The molecule has 1 aromatic carbocycles. The summed E-state index contributed by atoms with van der Waals surface area (Å²) in [5, 5.41) is 6.91. The van der Waals surface area contributed by atoms with Crippen LogP contribution in [-0.2, 0) is 14.6 Å². The highest BCUT2D eigenvalue weighted by Gasteiger charge is 2.27.